The normalized spacial score (nSPS) is 18.3. The molecular formula is C23H35N3O. The molecule has 3 rings (SSSR count). The number of hydrogen-bond acceptors (Lipinski definition) is 3. The maximum Gasteiger partial charge on any atom is 0.269 e. The van der Waals surface area contributed by atoms with E-state index in [1.54, 1.807) is 5.57 Å². The molecular weight excluding hydrogens is 334 g/mol. The molecule has 0 atom stereocenters. The Kier molecular flexibility index (Phi) is 7.19. The van der Waals surface area contributed by atoms with Crippen LogP contribution in [0.25, 0.3) is 0 Å². The lowest BCUT2D eigenvalue weighted by Gasteiger charge is -2.30. The number of allylic oxidation sites excluding steroid dienone is 2. The van der Waals surface area contributed by atoms with Crippen molar-refractivity contribution in [3.8, 4) is 0 Å². The van der Waals surface area contributed by atoms with Crippen molar-refractivity contribution in [2.24, 2.45) is 5.92 Å². The molecule has 0 unspecified atom stereocenters. The second kappa shape index (κ2) is 9.82. The van der Waals surface area contributed by atoms with Crippen molar-refractivity contribution in [3.63, 3.8) is 0 Å². The molecule has 4 nitrogen and oxygen atoms in total. The Morgan fingerprint density at radius 3 is 2.30 bits per heavy atom. The van der Waals surface area contributed by atoms with Gasteiger partial charge in [-0.2, -0.15) is 0 Å². The summed E-state index contributed by atoms with van der Waals surface area (Å²) in [6, 6.07) is 7.91. The summed E-state index contributed by atoms with van der Waals surface area (Å²) in [6.07, 6.45) is 11.5. The zero-order valence-electron chi connectivity index (χ0n) is 17.0. The number of anilines is 1. The Bertz CT molecular complexity index is 640. The Labute approximate surface area is 164 Å². The van der Waals surface area contributed by atoms with E-state index in [-0.39, 0.29) is 5.91 Å². The molecule has 2 aliphatic carbocycles. The van der Waals surface area contributed by atoms with Crippen molar-refractivity contribution >= 4 is 11.6 Å². The number of benzene rings is 1. The van der Waals surface area contributed by atoms with Crippen molar-refractivity contribution < 1.29 is 4.79 Å². The highest BCUT2D eigenvalue weighted by atomic mass is 16.2. The third-order valence-electron chi connectivity index (χ3n) is 6.19. The average molecular weight is 370 g/mol. The Hall–Kier alpha value is -1.97. The topological polar surface area (TPSA) is 44.4 Å². The first-order valence-electron chi connectivity index (χ1n) is 10.9. The highest BCUT2D eigenvalue weighted by Crippen LogP contribution is 2.36. The van der Waals surface area contributed by atoms with Gasteiger partial charge in [0.2, 0.25) is 0 Å². The van der Waals surface area contributed by atoms with Crippen LogP contribution in [0.5, 0.6) is 0 Å². The largest absolute Gasteiger partial charge is 0.372 e. The molecule has 0 heterocycles. The Morgan fingerprint density at radius 1 is 0.963 bits per heavy atom. The van der Waals surface area contributed by atoms with Gasteiger partial charge in [0.25, 0.3) is 5.91 Å². The lowest BCUT2D eigenvalue weighted by Crippen LogP contribution is -2.38. The fourth-order valence-electron chi connectivity index (χ4n) is 4.59. The van der Waals surface area contributed by atoms with Crippen molar-refractivity contribution in [3.05, 3.63) is 41.1 Å². The highest BCUT2D eigenvalue weighted by Gasteiger charge is 2.23. The van der Waals surface area contributed by atoms with Crippen molar-refractivity contribution in [1.29, 1.82) is 0 Å². The lowest BCUT2D eigenvalue weighted by atomic mass is 9.78. The number of hydrogen-bond donors (Lipinski definition) is 2. The Morgan fingerprint density at radius 2 is 1.63 bits per heavy atom. The molecule has 148 valence electrons. The summed E-state index contributed by atoms with van der Waals surface area (Å²) < 4.78 is 0. The molecule has 2 N–H and O–H groups in total. The molecule has 4 heteroatoms. The zero-order valence-corrected chi connectivity index (χ0v) is 17.0. The van der Waals surface area contributed by atoms with Gasteiger partial charge in [-0.1, -0.05) is 19.3 Å². The number of carbonyl (C=O) groups is 1. The van der Waals surface area contributed by atoms with E-state index >= 15 is 0 Å². The van der Waals surface area contributed by atoms with Crippen LogP contribution in [0.4, 0.5) is 5.69 Å². The van der Waals surface area contributed by atoms with Crippen molar-refractivity contribution in [2.75, 3.05) is 18.0 Å². The lowest BCUT2D eigenvalue weighted by molar-refractivity contribution is 0.0937. The molecule has 0 radical (unpaired) electrons. The SMILES string of the molecule is CCN(CC)c1ccc(C(=O)NNC2=C(C3CCCCC3)CCCC2)cc1. The van der Waals surface area contributed by atoms with Crippen molar-refractivity contribution in [1.82, 2.24) is 10.9 Å². The van der Waals surface area contributed by atoms with Gasteiger partial charge in [0.05, 0.1) is 0 Å². The summed E-state index contributed by atoms with van der Waals surface area (Å²) >= 11 is 0. The highest BCUT2D eigenvalue weighted by molar-refractivity contribution is 5.94. The van der Waals surface area contributed by atoms with Gasteiger partial charge < -0.3 is 10.3 Å². The van der Waals surface area contributed by atoms with E-state index in [0.29, 0.717) is 5.56 Å². The van der Waals surface area contributed by atoms with E-state index in [9.17, 15) is 4.79 Å². The van der Waals surface area contributed by atoms with Crippen LogP contribution in [0.3, 0.4) is 0 Å². The fourth-order valence-corrected chi connectivity index (χ4v) is 4.59. The van der Waals surface area contributed by atoms with Gasteiger partial charge in [0.15, 0.2) is 0 Å². The third-order valence-corrected chi connectivity index (χ3v) is 6.19. The monoisotopic (exact) mass is 369 g/mol. The molecule has 0 aliphatic heterocycles. The molecule has 0 spiro atoms. The molecule has 0 aromatic heterocycles. The van der Waals surface area contributed by atoms with Gasteiger partial charge in [0.1, 0.15) is 0 Å². The predicted octanol–water partition coefficient (Wildman–Crippen LogP) is 5.18. The number of nitrogens with one attached hydrogen (secondary N) is 2. The van der Waals surface area contributed by atoms with Gasteiger partial charge in [-0.05, 0) is 88.1 Å². The summed E-state index contributed by atoms with van der Waals surface area (Å²) in [6.45, 7) is 6.25. The first-order chi connectivity index (χ1) is 13.2. The first-order valence-corrected chi connectivity index (χ1v) is 10.9. The van der Waals surface area contributed by atoms with Crippen LogP contribution < -0.4 is 15.8 Å². The molecule has 2 aliphatic rings. The Balaban J connectivity index is 1.62. The second-order valence-corrected chi connectivity index (χ2v) is 7.84. The third kappa shape index (κ3) is 5.06. The predicted molar refractivity (Wildman–Crippen MR) is 113 cm³/mol. The van der Waals surface area contributed by atoms with Gasteiger partial charge in [-0.15, -0.1) is 0 Å². The molecule has 1 aromatic carbocycles. The van der Waals surface area contributed by atoms with Gasteiger partial charge in [-0.25, -0.2) is 0 Å². The van der Waals surface area contributed by atoms with E-state index in [2.05, 4.69) is 29.6 Å². The zero-order chi connectivity index (χ0) is 19.1. The second-order valence-electron chi connectivity index (χ2n) is 7.84. The van der Waals surface area contributed by atoms with E-state index < -0.39 is 0 Å². The minimum absolute atomic E-state index is 0.0536. The maximum absolute atomic E-state index is 12.6. The summed E-state index contributed by atoms with van der Waals surface area (Å²) in [4.78, 5) is 14.9. The maximum atomic E-state index is 12.6. The van der Waals surface area contributed by atoms with Crippen LogP contribution in [0.15, 0.2) is 35.5 Å². The minimum Gasteiger partial charge on any atom is -0.372 e. The first kappa shape index (κ1) is 19.8. The van der Waals surface area contributed by atoms with Gasteiger partial charge in [-0.3, -0.25) is 10.2 Å². The van der Waals surface area contributed by atoms with Crippen molar-refractivity contribution in [2.45, 2.75) is 71.6 Å². The molecule has 1 amide bonds. The molecule has 0 saturated heterocycles. The number of hydrazine groups is 1. The number of nitrogens with zero attached hydrogens (tertiary/aromatic N) is 1. The van der Waals surface area contributed by atoms with Crippen LogP contribution in [-0.4, -0.2) is 19.0 Å². The van der Waals surface area contributed by atoms with Crippen LogP contribution in [-0.2, 0) is 0 Å². The van der Waals surface area contributed by atoms with Gasteiger partial charge >= 0.3 is 0 Å². The molecule has 1 fully saturated rings. The molecule has 1 aromatic rings. The number of amides is 1. The standard InChI is InChI=1S/C23H35N3O/c1-3-26(4-2)20-16-14-19(15-17-20)23(27)25-24-22-13-9-8-12-21(22)18-10-6-5-7-11-18/h14-18,24H,3-13H2,1-2H3,(H,25,27). The average Bonchev–Trinajstić information content (AvgIpc) is 2.74. The molecule has 1 saturated carbocycles. The summed E-state index contributed by atoms with van der Waals surface area (Å²) in [5, 5.41) is 0. The quantitative estimate of drug-likeness (QED) is 0.651. The number of carbonyl (C=O) groups excluding carboxylic acids is 1. The summed E-state index contributed by atoms with van der Waals surface area (Å²) in [7, 11) is 0. The van der Waals surface area contributed by atoms with Gasteiger partial charge in [0, 0.05) is 30.0 Å². The minimum atomic E-state index is -0.0536. The van der Waals surface area contributed by atoms with Crippen LogP contribution in [0.1, 0.15) is 82.0 Å². The van der Waals surface area contributed by atoms with E-state index in [4.69, 9.17) is 0 Å². The van der Waals surface area contributed by atoms with E-state index in [1.165, 1.54) is 62.8 Å². The summed E-state index contributed by atoms with van der Waals surface area (Å²) in [5.41, 5.74) is 11.0. The van der Waals surface area contributed by atoms with E-state index in [1.807, 2.05) is 24.3 Å². The number of rotatable bonds is 7. The molecule has 27 heavy (non-hydrogen) atoms. The van der Waals surface area contributed by atoms with Crippen LogP contribution in [0.2, 0.25) is 0 Å². The smallest absolute Gasteiger partial charge is 0.269 e. The van der Waals surface area contributed by atoms with Crippen LogP contribution >= 0.6 is 0 Å². The van der Waals surface area contributed by atoms with E-state index in [0.717, 1.165) is 25.4 Å². The summed E-state index contributed by atoms with van der Waals surface area (Å²) in [5.74, 6) is 0.675. The molecule has 0 bridgehead atoms. The fraction of sp³-hybridized carbons (Fsp3) is 0.609. The van der Waals surface area contributed by atoms with Crippen LogP contribution in [0, 0.1) is 5.92 Å².